The lowest BCUT2D eigenvalue weighted by atomic mass is 9.90. The summed E-state index contributed by atoms with van der Waals surface area (Å²) in [5.74, 6) is -0.286. The lowest BCUT2D eigenvalue weighted by molar-refractivity contribution is -0.135. The molecule has 0 aliphatic carbocycles. The molecule has 2 aromatic rings. The topological polar surface area (TPSA) is 67.4 Å². The molecule has 2 amide bonds. The van der Waals surface area contributed by atoms with Crippen molar-refractivity contribution in [2.75, 3.05) is 17.7 Å². The monoisotopic (exact) mass is 390 g/mol. The molecular formula is C18H19BrN2O3. The molecule has 6 heteroatoms. The van der Waals surface area contributed by atoms with E-state index >= 15 is 0 Å². The van der Waals surface area contributed by atoms with Crippen molar-refractivity contribution >= 4 is 39.1 Å². The Hall–Kier alpha value is -2.34. The van der Waals surface area contributed by atoms with Gasteiger partial charge < -0.3 is 15.4 Å². The van der Waals surface area contributed by atoms with Crippen molar-refractivity contribution in [3.05, 3.63) is 53.0 Å². The van der Waals surface area contributed by atoms with E-state index in [1.807, 2.05) is 18.2 Å². The first-order chi connectivity index (χ1) is 11.4. The molecule has 0 saturated heterocycles. The molecule has 0 heterocycles. The van der Waals surface area contributed by atoms with Crippen molar-refractivity contribution in [3.8, 4) is 5.75 Å². The summed E-state index contributed by atoms with van der Waals surface area (Å²) in [4.78, 5) is 25.1. The van der Waals surface area contributed by atoms with E-state index in [4.69, 9.17) is 4.74 Å². The highest BCUT2D eigenvalue weighted by Gasteiger charge is 2.36. The normalized spacial score (nSPS) is 10.8. The van der Waals surface area contributed by atoms with Crippen molar-refractivity contribution < 1.29 is 14.3 Å². The predicted octanol–water partition coefficient (Wildman–Crippen LogP) is 4.06. The maximum atomic E-state index is 12.6. The number of para-hydroxylation sites is 3. The van der Waals surface area contributed by atoms with Gasteiger partial charge in [-0.1, -0.05) is 24.3 Å². The van der Waals surface area contributed by atoms with Crippen molar-refractivity contribution in [3.63, 3.8) is 0 Å². The van der Waals surface area contributed by atoms with Crippen LogP contribution in [0.4, 0.5) is 11.4 Å². The Morgan fingerprint density at radius 2 is 1.42 bits per heavy atom. The number of hydrogen-bond donors (Lipinski definition) is 2. The zero-order valence-corrected chi connectivity index (χ0v) is 15.3. The third-order valence-electron chi connectivity index (χ3n) is 3.61. The molecule has 24 heavy (non-hydrogen) atoms. The van der Waals surface area contributed by atoms with Crippen LogP contribution in [0.15, 0.2) is 53.0 Å². The number of ether oxygens (including phenoxy) is 1. The summed E-state index contributed by atoms with van der Waals surface area (Å²) in [6.45, 7) is 3.15. The molecular weight excluding hydrogens is 372 g/mol. The van der Waals surface area contributed by atoms with Gasteiger partial charge in [0.2, 0.25) is 11.8 Å². The van der Waals surface area contributed by atoms with Gasteiger partial charge >= 0.3 is 0 Å². The minimum absolute atomic E-state index is 0.401. The van der Waals surface area contributed by atoms with Gasteiger partial charge in [-0.05, 0) is 54.0 Å². The molecule has 0 fully saturated rings. The zero-order valence-electron chi connectivity index (χ0n) is 13.7. The minimum atomic E-state index is -1.27. The summed E-state index contributed by atoms with van der Waals surface area (Å²) in [7, 11) is 1.52. The summed E-state index contributed by atoms with van der Waals surface area (Å²) >= 11 is 3.37. The van der Waals surface area contributed by atoms with E-state index in [1.54, 1.807) is 44.2 Å². The van der Waals surface area contributed by atoms with E-state index in [9.17, 15) is 9.59 Å². The number of benzene rings is 2. The molecule has 0 atom stereocenters. The van der Waals surface area contributed by atoms with Crippen LogP contribution in [-0.4, -0.2) is 18.9 Å². The fraction of sp³-hybridized carbons (Fsp3) is 0.222. The van der Waals surface area contributed by atoms with Crippen molar-refractivity contribution in [1.29, 1.82) is 0 Å². The van der Waals surface area contributed by atoms with Crippen molar-refractivity contribution in [2.45, 2.75) is 13.8 Å². The zero-order chi connectivity index (χ0) is 17.7. The Balaban J connectivity index is 2.15. The highest BCUT2D eigenvalue weighted by molar-refractivity contribution is 9.10. The molecule has 0 spiro atoms. The third-order valence-corrected chi connectivity index (χ3v) is 4.30. The molecule has 0 aliphatic heterocycles. The highest BCUT2D eigenvalue weighted by Crippen LogP contribution is 2.28. The number of methoxy groups -OCH3 is 1. The number of carbonyl (C=O) groups is 2. The molecule has 0 saturated carbocycles. The second-order valence-corrected chi connectivity index (χ2v) is 6.57. The van der Waals surface area contributed by atoms with Crippen LogP contribution in [0, 0.1) is 5.41 Å². The number of hydrogen-bond acceptors (Lipinski definition) is 3. The molecule has 2 N–H and O–H groups in total. The third kappa shape index (κ3) is 3.94. The summed E-state index contributed by atoms with van der Waals surface area (Å²) in [6, 6.07) is 14.3. The fourth-order valence-corrected chi connectivity index (χ4v) is 2.35. The molecule has 2 aromatic carbocycles. The molecule has 0 aliphatic rings. The fourth-order valence-electron chi connectivity index (χ4n) is 1.97. The van der Waals surface area contributed by atoms with E-state index in [0.717, 1.165) is 4.47 Å². The molecule has 126 valence electrons. The summed E-state index contributed by atoms with van der Waals surface area (Å²) in [6.07, 6.45) is 0. The summed E-state index contributed by atoms with van der Waals surface area (Å²) in [5, 5.41) is 5.51. The van der Waals surface area contributed by atoms with Gasteiger partial charge in [-0.2, -0.15) is 0 Å². The second-order valence-electron chi connectivity index (χ2n) is 5.71. The average molecular weight is 391 g/mol. The smallest absolute Gasteiger partial charge is 0.239 e. The molecule has 0 unspecified atom stereocenters. The molecule has 0 bridgehead atoms. The van der Waals surface area contributed by atoms with Gasteiger partial charge in [-0.3, -0.25) is 9.59 Å². The molecule has 0 radical (unpaired) electrons. The molecule has 2 rings (SSSR count). The number of nitrogens with one attached hydrogen (secondary N) is 2. The Morgan fingerprint density at radius 1 is 0.917 bits per heavy atom. The van der Waals surface area contributed by atoms with E-state index in [2.05, 4.69) is 26.6 Å². The van der Waals surface area contributed by atoms with Gasteiger partial charge in [0.1, 0.15) is 11.2 Å². The lowest BCUT2D eigenvalue weighted by Crippen LogP contribution is -2.41. The molecule has 5 nitrogen and oxygen atoms in total. The Labute approximate surface area is 149 Å². The van der Waals surface area contributed by atoms with E-state index < -0.39 is 17.2 Å². The average Bonchev–Trinajstić information content (AvgIpc) is 2.57. The number of anilines is 2. The Morgan fingerprint density at radius 3 is 2.00 bits per heavy atom. The van der Waals surface area contributed by atoms with Crippen LogP contribution in [0.1, 0.15) is 13.8 Å². The Kier molecular flexibility index (Phi) is 5.62. The van der Waals surface area contributed by atoms with Crippen LogP contribution in [-0.2, 0) is 9.59 Å². The minimum Gasteiger partial charge on any atom is -0.495 e. The number of amides is 2. The maximum Gasteiger partial charge on any atom is 0.239 e. The standard InChI is InChI=1S/C18H19BrN2O3/c1-18(2,16(22)20-13-9-5-4-8-12(13)19)17(23)21-14-10-6-7-11-15(14)24-3/h4-11H,1-3H3,(H,20,22)(H,21,23). The van der Waals surface area contributed by atoms with E-state index in [1.165, 1.54) is 7.11 Å². The van der Waals surface area contributed by atoms with Gasteiger partial charge in [-0.25, -0.2) is 0 Å². The van der Waals surface area contributed by atoms with Crippen LogP contribution in [0.25, 0.3) is 0 Å². The predicted molar refractivity (Wildman–Crippen MR) is 98.2 cm³/mol. The number of halogens is 1. The Bertz CT molecular complexity index is 759. The van der Waals surface area contributed by atoms with E-state index in [0.29, 0.717) is 17.1 Å². The van der Waals surface area contributed by atoms with Gasteiger partial charge in [0, 0.05) is 4.47 Å². The number of rotatable bonds is 5. The SMILES string of the molecule is COc1ccccc1NC(=O)C(C)(C)C(=O)Nc1ccccc1Br. The van der Waals surface area contributed by atoms with Gasteiger partial charge in [0.15, 0.2) is 0 Å². The van der Waals surface area contributed by atoms with Gasteiger partial charge in [0.25, 0.3) is 0 Å². The quantitative estimate of drug-likeness (QED) is 0.756. The van der Waals surface area contributed by atoms with Crippen LogP contribution in [0.3, 0.4) is 0 Å². The largest absolute Gasteiger partial charge is 0.495 e. The second kappa shape index (κ2) is 7.49. The van der Waals surface area contributed by atoms with Crippen molar-refractivity contribution in [1.82, 2.24) is 0 Å². The van der Waals surface area contributed by atoms with Gasteiger partial charge in [0.05, 0.1) is 18.5 Å². The number of carbonyl (C=O) groups excluding carboxylic acids is 2. The molecule has 0 aromatic heterocycles. The first-order valence-corrected chi connectivity index (χ1v) is 8.16. The van der Waals surface area contributed by atoms with Crippen molar-refractivity contribution in [2.24, 2.45) is 5.41 Å². The van der Waals surface area contributed by atoms with Crippen LogP contribution in [0.5, 0.6) is 5.75 Å². The van der Waals surface area contributed by atoms with Crippen LogP contribution >= 0.6 is 15.9 Å². The van der Waals surface area contributed by atoms with Crippen LogP contribution in [0.2, 0.25) is 0 Å². The van der Waals surface area contributed by atoms with Gasteiger partial charge in [-0.15, -0.1) is 0 Å². The summed E-state index contributed by atoms with van der Waals surface area (Å²) < 4.78 is 5.96. The maximum absolute atomic E-state index is 12.6. The highest BCUT2D eigenvalue weighted by atomic mass is 79.9. The lowest BCUT2D eigenvalue weighted by Gasteiger charge is -2.23. The summed E-state index contributed by atoms with van der Waals surface area (Å²) in [5.41, 5.74) is -0.136. The van der Waals surface area contributed by atoms with Crippen LogP contribution < -0.4 is 15.4 Å². The first-order valence-electron chi connectivity index (χ1n) is 7.36. The van der Waals surface area contributed by atoms with E-state index in [-0.39, 0.29) is 0 Å². The first kappa shape index (κ1) is 18.0.